The van der Waals surface area contributed by atoms with Gasteiger partial charge in [-0.3, -0.25) is 4.79 Å². The lowest BCUT2D eigenvalue weighted by atomic mass is 10.1. The van der Waals surface area contributed by atoms with Crippen molar-refractivity contribution in [2.24, 2.45) is 0 Å². The number of hydrogen-bond acceptors (Lipinski definition) is 1. The van der Waals surface area contributed by atoms with Crippen LogP contribution in [-0.4, -0.2) is 5.91 Å². The molecule has 108 valence electrons. The topological polar surface area (TPSA) is 29.1 Å². The summed E-state index contributed by atoms with van der Waals surface area (Å²) in [6, 6.07) is 12.2. The predicted octanol–water partition coefficient (Wildman–Crippen LogP) is 3.77. The zero-order valence-corrected chi connectivity index (χ0v) is 12.2. The van der Waals surface area contributed by atoms with Gasteiger partial charge in [0.2, 0.25) is 5.91 Å². The number of aryl methyl sites for hydroxylation is 2. The average molecular weight is 283 g/mol. The van der Waals surface area contributed by atoms with Crippen molar-refractivity contribution in [1.82, 2.24) is 5.32 Å². The smallest absolute Gasteiger partial charge is 0.244 e. The SMILES string of the molecule is Cc1ccc(/C=C/C(=O)NCc2ccc(F)cc2)c(C)c1. The van der Waals surface area contributed by atoms with Crippen LogP contribution in [0.4, 0.5) is 4.39 Å². The minimum Gasteiger partial charge on any atom is -0.348 e. The van der Waals surface area contributed by atoms with Crippen LogP contribution in [0.1, 0.15) is 22.3 Å². The summed E-state index contributed by atoms with van der Waals surface area (Å²) in [5.41, 5.74) is 4.23. The zero-order valence-electron chi connectivity index (χ0n) is 12.2. The zero-order chi connectivity index (χ0) is 15.2. The Labute approximate surface area is 124 Å². The summed E-state index contributed by atoms with van der Waals surface area (Å²) in [5.74, 6) is -0.445. The summed E-state index contributed by atoms with van der Waals surface area (Å²) in [4.78, 5) is 11.8. The van der Waals surface area contributed by atoms with Crippen LogP contribution >= 0.6 is 0 Å². The van der Waals surface area contributed by atoms with Gasteiger partial charge in [0, 0.05) is 12.6 Å². The molecule has 2 aromatic rings. The molecule has 0 aliphatic rings. The summed E-state index contributed by atoms with van der Waals surface area (Å²) in [5, 5.41) is 2.77. The van der Waals surface area contributed by atoms with Gasteiger partial charge in [-0.25, -0.2) is 4.39 Å². The van der Waals surface area contributed by atoms with Crippen LogP contribution in [0.15, 0.2) is 48.5 Å². The molecule has 0 atom stereocenters. The average Bonchev–Trinajstić information content (AvgIpc) is 2.46. The van der Waals surface area contributed by atoms with Crippen LogP contribution in [0.5, 0.6) is 0 Å². The fraction of sp³-hybridized carbons (Fsp3) is 0.167. The molecule has 1 amide bonds. The van der Waals surface area contributed by atoms with Gasteiger partial charge in [-0.1, -0.05) is 35.9 Å². The van der Waals surface area contributed by atoms with Crippen molar-refractivity contribution < 1.29 is 9.18 Å². The third-order valence-electron chi connectivity index (χ3n) is 3.22. The van der Waals surface area contributed by atoms with E-state index in [1.807, 2.05) is 26.0 Å². The molecule has 0 heterocycles. The van der Waals surface area contributed by atoms with Crippen molar-refractivity contribution in [3.63, 3.8) is 0 Å². The number of rotatable bonds is 4. The van der Waals surface area contributed by atoms with E-state index in [-0.39, 0.29) is 11.7 Å². The van der Waals surface area contributed by atoms with Gasteiger partial charge in [0.25, 0.3) is 0 Å². The second kappa shape index (κ2) is 6.84. The first-order chi connectivity index (χ1) is 10.0. The Morgan fingerprint density at radius 1 is 1.14 bits per heavy atom. The van der Waals surface area contributed by atoms with Gasteiger partial charge in [0.1, 0.15) is 5.82 Å². The summed E-state index contributed by atoms with van der Waals surface area (Å²) in [6.45, 7) is 4.44. The Kier molecular flexibility index (Phi) is 4.88. The number of carbonyl (C=O) groups is 1. The van der Waals surface area contributed by atoms with E-state index in [2.05, 4.69) is 11.4 Å². The molecular formula is C18H18FNO. The van der Waals surface area contributed by atoms with E-state index in [0.717, 1.165) is 16.7 Å². The highest BCUT2D eigenvalue weighted by atomic mass is 19.1. The molecule has 0 unspecified atom stereocenters. The Balaban J connectivity index is 1.92. The van der Waals surface area contributed by atoms with E-state index < -0.39 is 0 Å². The van der Waals surface area contributed by atoms with E-state index in [0.29, 0.717) is 6.54 Å². The molecule has 0 aliphatic heterocycles. The van der Waals surface area contributed by atoms with Gasteiger partial charge in [-0.15, -0.1) is 0 Å². The number of benzene rings is 2. The van der Waals surface area contributed by atoms with Gasteiger partial charge in [-0.2, -0.15) is 0 Å². The maximum atomic E-state index is 12.8. The van der Waals surface area contributed by atoms with Crippen molar-refractivity contribution in [2.45, 2.75) is 20.4 Å². The molecule has 3 heteroatoms. The molecule has 0 aliphatic carbocycles. The van der Waals surface area contributed by atoms with Crippen LogP contribution < -0.4 is 5.32 Å². The molecule has 0 spiro atoms. The number of amides is 1. The van der Waals surface area contributed by atoms with E-state index in [9.17, 15) is 9.18 Å². The molecule has 0 aromatic heterocycles. The first-order valence-corrected chi connectivity index (χ1v) is 6.82. The standard InChI is InChI=1S/C18H18FNO/c1-13-3-6-16(14(2)11-13)7-10-18(21)20-12-15-4-8-17(19)9-5-15/h3-11H,12H2,1-2H3,(H,20,21)/b10-7+. The van der Waals surface area contributed by atoms with Gasteiger partial charge >= 0.3 is 0 Å². The summed E-state index contributed by atoms with van der Waals surface area (Å²) < 4.78 is 12.8. The molecule has 0 saturated heterocycles. The summed E-state index contributed by atoms with van der Waals surface area (Å²) in [6.07, 6.45) is 3.32. The lowest BCUT2D eigenvalue weighted by Crippen LogP contribution is -2.20. The minimum absolute atomic E-state index is 0.167. The van der Waals surface area contributed by atoms with Crippen molar-refractivity contribution in [2.75, 3.05) is 0 Å². The van der Waals surface area contributed by atoms with Crippen molar-refractivity contribution in [3.8, 4) is 0 Å². The third-order valence-corrected chi connectivity index (χ3v) is 3.22. The molecule has 0 radical (unpaired) electrons. The van der Waals surface area contributed by atoms with Crippen LogP contribution in [0.3, 0.4) is 0 Å². The molecule has 0 bridgehead atoms. The van der Waals surface area contributed by atoms with Crippen molar-refractivity contribution >= 4 is 12.0 Å². The molecular weight excluding hydrogens is 265 g/mol. The van der Waals surface area contributed by atoms with Crippen molar-refractivity contribution in [1.29, 1.82) is 0 Å². The lowest BCUT2D eigenvalue weighted by Gasteiger charge is -2.03. The van der Waals surface area contributed by atoms with Gasteiger partial charge in [-0.05, 0) is 48.7 Å². The van der Waals surface area contributed by atoms with E-state index >= 15 is 0 Å². The Bertz CT molecular complexity index is 659. The predicted molar refractivity (Wildman–Crippen MR) is 83.2 cm³/mol. The van der Waals surface area contributed by atoms with E-state index in [1.54, 1.807) is 18.2 Å². The number of halogens is 1. The molecule has 0 saturated carbocycles. The first-order valence-electron chi connectivity index (χ1n) is 6.82. The molecule has 2 nitrogen and oxygen atoms in total. The van der Waals surface area contributed by atoms with E-state index in [1.165, 1.54) is 23.8 Å². The third kappa shape index (κ3) is 4.56. The number of carbonyl (C=O) groups excluding carboxylic acids is 1. The second-order valence-electron chi connectivity index (χ2n) is 5.04. The largest absolute Gasteiger partial charge is 0.348 e. The highest BCUT2D eigenvalue weighted by molar-refractivity contribution is 5.91. The minimum atomic E-state index is -0.278. The maximum absolute atomic E-state index is 12.8. The Hall–Kier alpha value is -2.42. The van der Waals surface area contributed by atoms with E-state index in [4.69, 9.17) is 0 Å². The fourth-order valence-corrected chi connectivity index (χ4v) is 2.03. The summed E-state index contributed by atoms with van der Waals surface area (Å²) in [7, 11) is 0. The van der Waals surface area contributed by atoms with Crippen LogP contribution in [0.2, 0.25) is 0 Å². The van der Waals surface area contributed by atoms with Gasteiger partial charge in [0.05, 0.1) is 0 Å². The monoisotopic (exact) mass is 283 g/mol. The number of hydrogen-bond donors (Lipinski definition) is 1. The summed E-state index contributed by atoms with van der Waals surface area (Å²) >= 11 is 0. The normalized spacial score (nSPS) is 10.8. The molecule has 21 heavy (non-hydrogen) atoms. The Morgan fingerprint density at radius 3 is 2.52 bits per heavy atom. The Morgan fingerprint density at radius 2 is 1.86 bits per heavy atom. The van der Waals surface area contributed by atoms with Crippen LogP contribution in [0, 0.1) is 19.7 Å². The quantitative estimate of drug-likeness (QED) is 0.850. The fourth-order valence-electron chi connectivity index (χ4n) is 2.03. The van der Waals surface area contributed by atoms with Crippen molar-refractivity contribution in [3.05, 3.63) is 76.6 Å². The van der Waals surface area contributed by atoms with Crippen LogP contribution in [-0.2, 0) is 11.3 Å². The molecule has 2 rings (SSSR count). The highest BCUT2D eigenvalue weighted by Crippen LogP contribution is 2.12. The first kappa shape index (κ1) is 15.0. The lowest BCUT2D eigenvalue weighted by molar-refractivity contribution is -0.116. The molecule has 1 N–H and O–H groups in total. The molecule has 2 aromatic carbocycles. The highest BCUT2D eigenvalue weighted by Gasteiger charge is 1.99. The second-order valence-corrected chi connectivity index (χ2v) is 5.04. The maximum Gasteiger partial charge on any atom is 0.244 e. The van der Waals surface area contributed by atoms with Crippen LogP contribution in [0.25, 0.3) is 6.08 Å². The number of nitrogens with one attached hydrogen (secondary N) is 1. The van der Waals surface area contributed by atoms with Gasteiger partial charge < -0.3 is 5.32 Å². The van der Waals surface area contributed by atoms with Gasteiger partial charge in [0.15, 0.2) is 0 Å². The molecule has 0 fully saturated rings.